The number of benzene rings is 1. The van der Waals surface area contributed by atoms with E-state index in [0.29, 0.717) is 10.2 Å². The molecule has 0 spiro atoms. The lowest BCUT2D eigenvalue weighted by Gasteiger charge is -2.24. The van der Waals surface area contributed by atoms with Crippen molar-refractivity contribution in [2.45, 2.75) is 25.8 Å². The zero-order chi connectivity index (χ0) is 18.5. The summed E-state index contributed by atoms with van der Waals surface area (Å²) in [6, 6.07) is 9.91. The number of thiophene rings is 1. The van der Waals surface area contributed by atoms with Gasteiger partial charge in [-0.05, 0) is 23.1 Å². The van der Waals surface area contributed by atoms with Gasteiger partial charge in [-0.25, -0.2) is 4.98 Å². The largest absolute Gasteiger partial charge is 0.347 e. The molecule has 6 heteroatoms. The van der Waals surface area contributed by atoms with Crippen LogP contribution in [-0.4, -0.2) is 22.4 Å². The molecule has 0 N–H and O–H groups in total. The average molecular weight is 365 g/mol. The predicted molar refractivity (Wildman–Crippen MR) is 105 cm³/mol. The van der Waals surface area contributed by atoms with Gasteiger partial charge in [0.1, 0.15) is 4.83 Å². The first-order valence-electron chi connectivity index (χ1n) is 8.40. The molecule has 0 saturated carbocycles. The summed E-state index contributed by atoms with van der Waals surface area (Å²) in [4.78, 5) is 32.2. The van der Waals surface area contributed by atoms with Crippen LogP contribution in [0.5, 0.6) is 0 Å². The first-order chi connectivity index (χ1) is 12.4. The number of para-hydroxylation sites is 1. The van der Waals surface area contributed by atoms with E-state index in [1.54, 1.807) is 12.1 Å². The van der Waals surface area contributed by atoms with Gasteiger partial charge < -0.3 is 4.90 Å². The Labute approximate surface area is 155 Å². The summed E-state index contributed by atoms with van der Waals surface area (Å²) in [6.45, 7) is 4.21. The zero-order valence-corrected chi connectivity index (χ0v) is 15.7. The second-order valence-electron chi connectivity index (χ2n) is 7.01. The molecule has 26 heavy (non-hydrogen) atoms. The van der Waals surface area contributed by atoms with Gasteiger partial charge in [-0.15, -0.1) is 11.3 Å². The molecule has 1 aliphatic heterocycles. The molecule has 2 aromatic heterocycles. The molecule has 0 saturated heterocycles. The minimum absolute atomic E-state index is 0.0125. The molecular formula is C20H19N3O2S. The molecule has 132 valence electrons. The number of carbonyl (C=O) groups is 1. The van der Waals surface area contributed by atoms with Crippen molar-refractivity contribution in [3.8, 4) is 0 Å². The maximum Gasteiger partial charge on any atom is 0.262 e. The van der Waals surface area contributed by atoms with Crippen molar-refractivity contribution >= 4 is 33.0 Å². The first-order valence-corrected chi connectivity index (χ1v) is 9.28. The highest BCUT2D eigenvalue weighted by Crippen LogP contribution is 2.46. The lowest BCUT2D eigenvalue weighted by Crippen LogP contribution is -2.27. The number of carbonyl (C=O) groups excluding carboxylic acids is 1. The van der Waals surface area contributed by atoms with Crippen LogP contribution in [0.4, 0.5) is 5.69 Å². The number of ketones is 1. The van der Waals surface area contributed by atoms with Crippen molar-refractivity contribution in [2.75, 3.05) is 11.9 Å². The number of fused-ring (bicyclic) bond motifs is 2. The third-order valence-corrected chi connectivity index (χ3v) is 5.84. The summed E-state index contributed by atoms with van der Waals surface area (Å²) in [5.74, 6) is -0.119. The van der Waals surface area contributed by atoms with E-state index in [1.165, 1.54) is 27.8 Å². The van der Waals surface area contributed by atoms with E-state index in [0.717, 1.165) is 11.4 Å². The summed E-state index contributed by atoms with van der Waals surface area (Å²) in [7, 11) is 1.97. The highest BCUT2D eigenvalue weighted by atomic mass is 32.1. The van der Waals surface area contributed by atoms with Crippen LogP contribution in [0, 0.1) is 0 Å². The van der Waals surface area contributed by atoms with Gasteiger partial charge in [-0.2, -0.15) is 0 Å². The number of likely N-dealkylation sites (N-methyl/N-ethyl adjacent to an activating group) is 1. The summed E-state index contributed by atoms with van der Waals surface area (Å²) in [5, 5.41) is 2.39. The van der Waals surface area contributed by atoms with Crippen molar-refractivity contribution < 1.29 is 4.79 Å². The molecule has 3 heterocycles. The number of anilines is 1. The van der Waals surface area contributed by atoms with Crippen molar-refractivity contribution in [1.82, 2.24) is 9.55 Å². The van der Waals surface area contributed by atoms with Crippen LogP contribution in [0.25, 0.3) is 10.2 Å². The number of aromatic nitrogens is 2. The van der Waals surface area contributed by atoms with Crippen LogP contribution >= 0.6 is 11.3 Å². The van der Waals surface area contributed by atoms with Crippen molar-refractivity contribution in [1.29, 1.82) is 0 Å². The second-order valence-corrected chi connectivity index (χ2v) is 7.91. The van der Waals surface area contributed by atoms with Gasteiger partial charge in [0.05, 0.1) is 18.3 Å². The molecule has 0 bridgehead atoms. The number of allylic oxidation sites excluding steroid dienone is 2. The molecular weight excluding hydrogens is 346 g/mol. The quantitative estimate of drug-likeness (QED) is 0.668. The van der Waals surface area contributed by atoms with Gasteiger partial charge in [0, 0.05) is 29.9 Å². The summed E-state index contributed by atoms with van der Waals surface area (Å²) < 4.78 is 1.38. The summed E-state index contributed by atoms with van der Waals surface area (Å²) >= 11 is 1.42. The van der Waals surface area contributed by atoms with Crippen LogP contribution < -0.4 is 10.5 Å². The van der Waals surface area contributed by atoms with Crippen LogP contribution in [0.1, 0.15) is 19.4 Å². The fourth-order valence-corrected chi connectivity index (χ4v) is 4.35. The van der Waals surface area contributed by atoms with E-state index in [2.05, 4.69) is 35.9 Å². The Morgan fingerprint density at radius 1 is 1.27 bits per heavy atom. The van der Waals surface area contributed by atoms with E-state index in [1.807, 2.05) is 24.6 Å². The first kappa shape index (κ1) is 16.7. The lowest BCUT2D eigenvalue weighted by atomic mass is 9.83. The smallest absolute Gasteiger partial charge is 0.262 e. The number of hydrogen-bond donors (Lipinski definition) is 0. The molecule has 0 atom stereocenters. The van der Waals surface area contributed by atoms with Crippen molar-refractivity contribution in [3.05, 3.63) is 69.7 Å². The summed E-state index contributed by atoms with van der Waals surface area (Å²) in [6.07, 6.45) is 3.11. The van der Waals surface area contributed by atoms with E-state index in [9.17, 15) is 9.59 Å². The number of rotatable bonds is 3. The fourth-order valence-electron chi connectivity index (χ4n) is 3.63. The van der Waals surface area contributed by atoms with Crippen LogP contribution in [-0.2, 0) is 16.8 Å². The normalized spacial score (nSPS) is 17.0. The monoisotopic (exact) mass is 365 g/mol. The SMILES string of the molecule is CN1/C(=C/C(=O)Cn2cnc3sccc3c2=O)C(C)(C)c2ccccc21. The molecule has 0 fully saturated rings. The highest BCUT2D eigenvalue weighted by molar-refractivity contribution is 7.16. The fraction of sp³-hybridized carbons (Fsp3) is 0.250. The maximum absolute atomic E-state index is 12.7. The Kier molecular flexibility index (Phi) is 3.80. The van der Waals surface area contributed by atoms with E-state index >= 15 is 0 Å². The van der Waals surface area contributed by atoms with E-state index in [4.69, 9.17) is 0 Å². The van der Waals surface area contributed by atoms with Gasteiger partial charge in [0.25, 0.3) is 5.56 Å². The minimum atomic E-state index is -0.262. The van der Waals surface area contributed by atoms with Gasteiger partial charge >= 0.3 is 0 Å². The van der Waals surface area contributed by atoms with Crippen LogP contribution in [0.15, 0.2) is 58.6 Å². The zero-order valence-electron chi connectivity index (χ0n) is 14.9. The Bertz CT molecular complexity index is 1110. The molecule has 4 rings (SSSR count). The second kappa shape index (κ2) is 5.92. The molecule has 0 aliphatic carbocycles. The third-order valence-electron chi connectivity index (χ3n) is 5.01. The highest BCUT2D eigenvalue weighted by Gasteiger charge is 2.38. The van der Waals surface area contributed by atoms with E-state index < -0.39 is 0 Å². The summed E-state index contributed by atoms with van der Waals surface area (Å²) in [5.41, 5.74) is 2.79. The molecule has 0 amide bonds. The number of nitrogens with zero attached hydrogens (tertiary/aromatic N) is 3. The lowest BCUT2D eigenvalue weighted by molar-refractivity contribution is -0.115. The van der Waals surface area contributed by atoms with Gasteiger partial charge in [0.2, 0.25) is 0 Å². The van der Waals surface area contributed by atoms with Gasteiger partial charge in [-0.3, -0.25) is 14.2 Å². The van der Waals surface area contributed by atoms with Gasteiger partial charge in [0.15, 0.2) is 5.78 Å². The molecule has 1 aliphatic rings. The van der Waals surface area contributed by atoms with E-state index in [-0.39, 0.29) is 23.3 Å². The molecule has 0 radical (unpaired) electrons. The average Bonchev–Trinajstić information content (AvgIpc) is 3.17. The molecule has 0 unspecified atom stereocenters. The van der Waals surface area contributed by atoms with Crippen molar-refractivity contribution in [2.24, 2.45) is 0 Å². The maximum atomic E-state index is 12.7. The topological polar surface area (TPSA) is 55.2 Å². The molecule has 3 aromatic rings. The minimum Gasteiger partial charge on any atom is -0.347 e. The molecule has 5 nitrogen and oxygen atoms in total. The number of hydrogen-bond acceptors (Lipinski definition) is 5. The Morgan fingerprint density at radius 2 is 2.04 bits per heavy atom. The van der Waals surface area contributed by atoms with Crippen molar-refractivity contribution in [3.63, 3.8) is 0 Å². The molecule has 1 aromatic carbocycles. The standard InChI is InChI=1S/C20H19N3O2S/c1-20(2)15-6-4-5-7-16(15)22(3)17(20)10-13(24)11-23-12-21-18-14(19(23)25)8-9-26-18/h4-10,12H,11H2,1-3H3/b17-10+. The van der Waals surface area contributed by atoms with Crippen LogP contribution in [0.3, 0.4) is 0 Å². The Balaban J connectivity index is 1.67. The third kappa shape index (κ3) is 2.49. The Morgan fingerprint density at radius 3 is 2.81 bits per heavy atom. The Hall–Kier alpha value is -2.73. The van der Waals surface area contributed by atoms with Crippen LogP contribution in [0.2, 0.25) is 0 Å². The predicted octanol–water partition coefficient (Wildman–Crippen LogP) is 3.34. The van der Waals surface area contributed by atoms with Gasteiger partial charge in [-0.1, -0.05) is 32.0 Å².